The number of carbonyl (C=O) groups is 1. The average Bonchev–Trinajstić information content (AvgIpc) is 3.03. The van der Waals surface area contributed by atoms with Crippen LogP contribution in [0, 0.1) is 0 Å². The van der Waals surface area contributed by atoms with Gasteiger partial charge in [0.05, 0.1) is 12.7 Å². The molecular formula is C17H22N4O. The first-order chi connectivity index (χ1) is 10.7. The van der Waals surface area contributed by atoms with Crippen molar-refractivity contribution < 1.29 is 4.79 Å². The molecule has 22 heavy (non-hydrogen) atoms. The van der Waals surface area contributed by atoms with Gasteiger partial charge in [-0.3, -0.25) is 9.48 Å². The first-order valence-electron chi connectivity index (χ1n) is 7.88. The third kappa shape index (κ3) is 3.36. The van der Waals surface area contributed by atoms with E-state index in [0.717, 1.165) is 24.2 Å². The topological polar surface area (TPSA) is 64.2 Å². The Balaban J connectivity index is 1.69. The van der Waals surface area contributed by atoms with Crippen molar-refractivity contribution in [2.24, 2.45) is 5.73 Å². The van der Waals surface area contributed by atoms with Gasteiger partial charge < -0.3 is 10.6 Å². The number of nitrogens with two attached hydrogens (primary N) is 1. The number of benzene rings is 1. The highest BCUT2D eigenvalue weighted by Gasteiger charge is 2.12. The van der Waals surface area contributed by atoms with Gasteiger partial charge in [0, 0.05) is 23.9 Å². The molecular weight excluding hydrogens is 276 g/mol. The van der Waals surface area contributed by atoms with Gasteiger partial charge in [0.2, 0.25) is 5.91 Å². The predicted molar refractivity (Wildman–Crippen MR) is 86.5 cm³/mol. The van der Waals surface area contributed by atoms with E-state index in [9.17, 15) is 4.79 Å². The molecule has 0 atom stereocenters. The van der Waals surface area contributed by atoms with Crippen LogP contribution in [0.3, 0.4) is 0 Å². The van der Waals surface area contributed by atoms with E-state index >= 15 is 0 Å². The highest BCUT2D eigenvalue weighted by molar-refractivity contribution is 5.99. The van der Waals surface area contributed by atoms with E-state index in [2.05, 4.69) is 10.00 Å². The first-order valence-corrected chi connectivity index (χ1v) is 7.88. The number of amides is 1. The van der Waals surface area contributed by atoms with E-state index in [-0.39, 0.29) is 0 Å². The van der Waals surface area contributed by atoms with E-state index in [1.165, 1.54) is 32.4 Å². The van der Waals surface area contributed by atoms with Crippen molar-refractivity contribution in [1.29, 1.82) is 0 Å². The third-order valence-electron chi connectivity index (χ3n) is 4.23. The zero-order chi connectivity index (χ0) is 15.4. The number of aromatic nitrogens is 2. The van der Waals surface area contributed by atoms with Gasteiger partial charge in [-0.25, -0.2) is 0 Å². The number of hydrogen-bond acceptors (Lipinski definition) is 3. The molecule has 0 saturated carbocycles. The maximum absolute atomic E-state index is 11.5. The minimum absolute atomic E-state index is 0.406. The van der Waals surface area contributed by atoms with Crippen LogP contribution in [0.5, 0.6) is 0 Å². The quantitative estimate of drug-likeness (QED) is 0.919. The van der Waals surface area contributed by atoms with E-state index in [1.807, 2.05) is 29.1 Å². The van der Waals surface area contributed by atoms with Crippen molar-refractivity contribution in [3.63, 3.8) is 0 Å². The highest BCUT2D eigenvalue weighted by atomic mass is 16.1. The Morgan fingerprint density at radius 2 is 1.91 bits per heavy atom. The number of likely N-dealkylation sites (tertiary alicyclic amines) is 1. The first kappa shape index (κ1) is 14.8. The molecule has 1 aromatic carbocycles. The summed E-state index contributed by atoms with van der Waals surface area (Å²) >= 11 is 0. The summed E-state index contributed by atoms with van der Waals surface area (Å²) in [6.45, 7) is 4.29. The van der Waals surface area contributed by atoms with Crippen molar-refractivity contribution in [2.45, 2.75) is 25.8 Å². The van der Waals surface area contributed by atoms with Gasteiger partial charge in [-0.15, -0.1) is 0 Å². The van der Waals surface area contributed by atoms with Crippen molar-refractivity contribution in [2.75, 3.05) is 19.6 Å². The second-order valence-corrected chi connectivity index (χ2v) is 5.80. The lowest BCUT2D eigenvalue weighted by atomic mass is 10.0. The largest absolute Gasteiger partial charge is 0.366 e. The van der Waals surface area contributed by atoms with Crippen LogP contribution in [0.25, 0.3) is 11.1 Å². The molecule has 1 aromatic heterocycles. The average molecular weight is 298 g/mol. The van der Waals surface area contributed by atoms with Crippen LogP contribution in [-0.2, 0) is 6.54 Å². The molecule has 5 heteroatoms. The summed E-state index contributed by atoms with van der Waals surface area (Å²) in [4.78, 5) is 14.0. The highest BCUT2D eigenvalue weighted by Crippen LogP contribution is 2.22. The van der Waals surface area contributed by atoms with Gasteiger partial charge in [0.25, 0.3) is 0 Å². The summed E-state index contributed by atoms with van der Waals surface area (Å²) in [5.41, 5.74) is 7.77. The smallest absolute Gasteiger partial charge is 0.249 e. The summed E-state index contributed by atoms with van der Waals surface area (Å²) < 4.78 is 1.95. The molecule has 0 spiro atoms. The Kier molecular flexibility index (Phi) is 4.53. The van der Waals surface area contributed by atoms with Crippen LogP contribution < -0.4 is 5.73 Å². The fraction of sp³-hybridized carbons (Fsp3) is 0.412. The Bertz CT molecular complexity index is 644. The summed E-state index contributed by atoms with van der Waals surface area (Å²) in [6, 6.07) is 7.39. The number of rotatable bonds is 5. The molecule has 0 radical (unpaired) electrons. The Morgan fingerprint density at radius 3 is 2.68 bits per heavy atom. The van der Waals surface area contributed by atoms with Crippen molar-refractivity contribution in [3.8, 4) is 11.1 Å². The fourth-order valence-corrected chi connectivity index (χ4v) is 3.00. The lowest BCUT2D eigenvalue weighted by Gasteiger charge is -2.26. The molecule has 1 amide bonds. The zero-order valence-electron chi connectivity index (χ0n) is 12.7. The van der Waals surface area contributed by atoms with Crippen molar-refractivity contribution in [3.05, 3.63) is 42.2 Å². The molecule has 0 bridgehead atoms. The van der Waals surface area contributed by atoms with Crippen LogP contribution in [0.4, 0.5) is 0 Å². The monoisotopic (exact) mass is 298 g/mol. The minimum Gasteiger partial charge on any atom is -0.366 e. The van der Waals surface area contributed by atoms with Crippen molar-refractivity contribution >= 4 is 5.91 Å². The number of piperidine rings is 1. The molecule has 0 aliphatic carbocycles. The molecule has 1 aliphatic rings. The summed E-state index contributed by atoms with van der Waals surface area (Å²) in [5, 5.41) is 4.42. The fourth-order valence-electron chi connectivity index (χ4n) is 3.00. The van der Waals surface area contributed by atoms with Gasteiger partial charge in [-0.05, 0) is 37.6 Å². The van der Waals surface area contributed by atoms with Gasteiger partial charge in [-0.1, -0.05) is 24.6 Å². The molecule has 0 unspecified atom stereocenters. The van der Waals surface area contributed by atoms with Crippen LogP contribution in [0.1, 0.15) is 29.6 Å². The van der Waals surface area contributed by atoms with E-state index in [1.54, 1.807) is 12.3 Å². The molecule has 116 valence electrons. The second-order valence-electron chi connectivity index (χ2n) is 5.80. The Morgan fingerprint density at radius 1 is 1.14 bits per heavy atom. The number of carbonyl (C=O) groups excluding carboxylic acids is 1. The van der Waals surface area contributed by atoms with Crippen molar-refractivity contribution in [1.82, 2.24) is 14.7 Å². The van der Waals surface area contributed by atoms with Gasteiger partial charge in [0.15, 0.2) is 0 Å². The van der Waals surface area contributed by atoms with Gasteiger partial charge in [0.1, 0.15) is 0 Å². The summed E-state index contributed by atoms with van der Waals surface area (Å²) in [7, 11) is 0. The maximum atomic E-state index is 11.5. The molecule has 1 saturated heterocycles. The van der Waals surface area contributed by atoms with Crippen LogP contribution in [0.2, 0.25) is 0 Å². The van der Waals surface area contributed by atoms with E-state index in [0.29, 0.717) is 5.56 Å². The maximum Gasteiger partial charge on any atom is 0.249 e. The SMILES string of the molecule is NC(=O)c1ccccc1-c1cnn(CCN2CCCCC2)c1. The number of primary amides is 1. The Labute approximate surface area is 130 Å². The summed E-state index contributed by atoms with van der Waals surface area (Å²) in [5.74, 6) is -0.406. The van der Waals surface area contributed by atoms with E-state index < -0.39 is 5.91 Å². The number of nitrogens with zero attached hydrogens (tertiary/aromatic N) is 3. The predicted octanol–water partition coefficient (Wildman–Crippen LogP) is 2.13. The second kappa shape index (κ2) is 6.75. The van der Waals surface area contributed by atoms with Gasteiger partial charge in [-0.2, -0.15) is 5.10 Å². The molecule has 2 N–H and O–H groups in total. The molecule has 2 heterocycles. The molecule has 1 aliphatic heterocycles. The molecule has 3 rings (SSSR count). The Hall–Kier alpha value is -2.14. The normalized spacial score (nSPS) is 15.8. The number of hydrogen-bond donors (Lipinski definition) is 1. The van der Waals surface area contributed by atoms with Gasteiger partial charge >= 0.3 is 0 Å². The van der Waals surface area contributed by atoms with Crippen LogP contribution in [-0.4, -0.2) is 40.2 Å². The lowest BCUT2D eigenvalue weighted by Crippen LogP contribution is -2.32. The molecule has 1 fully saturated rings. The zero-order valence-corrected chi connectivity index (χ0v) is 12.7. The molecule has 2 aromatic rings. The minimum atomic E-state index is -0.406. The van der Waals surface area contributed by atoms with Crippen LogP contribution in [0.15, 0.2) is 36.7 Å². The molecule has 5 nitrogen and oxygen atoms in total. The summed E-state index contributed by atoms with van der Waals surface area (Å²) in [6.07, 6.45) is 7.75. The standard InChI is InChI=1S/C17H22N4O/c18-17(22)16-7-3-2-6-15(16)14-12-19-21(13-14)11-10-20-8-4-1-5-9-20/h2-3,6-7,12-13H,1,4-5,8-11H2,(H2,18,22). The van der Waals surface area contributed by atoms with Crippen LogP contribution >= 0.6 is 0 Å². The third-order valence-corrected chi connectivity index (χ3v) is 4.23. The van der Waals surface area contributed by atoms with E-state index in [4.69, 9.17) is 5.73 Å². The lowest BCUT2D eigenvalue weighted by molar-refractivity contribution is 0.100.